The lowest BCUT2D eigenvalue weighted by Gasteiger charge is -2.28. The van der Waals surface area contributed by atoms with E-state index >= 15 is 0 Å². The summed E-state index contributed by atoms with van der Waals surface area (Å²) >= 11 is 7.65. The molecule has 0 radical (unpaired) electrons. The lowest BCUT2D eigenvalue weighted by atomic mass is 10.2. The fourth-order valence-corrected chi connectivity index (χ4v) is 4.33. The SMILES string of the molecule is Fc1ccc(SC2(c3cc(N4CCOCC4)nc(Cl)n3)CC2)cc1F. The van der Waals surface area contributed by atoms with Crippen LogP contribution in [0.15, 0.2) is 29.2 Å². The van der Waals surface area contributed by atoms with E-state index in [2.05, 4.69) is 14.9 Å². The van der Waals surface area contributed by atoms with Crippen LogP contribution in [0.25, 0.3) is 0 Å². The van der Waals surface area contributed by atoms with Crippen LogP contribution in [0.3, 0.4) is 0 Å². The van der Waals surface area contributed by atoms with Crippen molar-refractivity contribution >= 4 is 29.2 Å². The van der Waals surface area contributed by atoms with Gasteiger partial charge in [-0.1, -0.05) is 0 Å². The lowest BCUT2D eigenvalue weighted by Crippen LogP contribution is -2.37. The van der Waals surface area contributed by atoms with Crippen LogP contribution in [0.4, 0.5) is 14.6 Å². The molecule has 0 bridgehead atoms. The standard InChI is InChI=1S/C17H16ClF2N3OS/c18-16-21-14(10-15(22-16)23-5-7-24-8-6-23)17(3-4-17)25-11-1-2-12(19)13(20)9-11/h1-2,9-10H,3-8H2. The highest BCUT2D eigenvalue weighted by Gasteiger charge is 2.47. The van der Waals surface area contributed by atoms with Crippen LogP contribution >= 0.6 is 23.4 Å². The Morgan fingerprint density at radius 1 is 1.08 bits per heavy atom. The third kappa shape index (κ3) is 3.59. The van der Waals surface area contributed by atoms with Crippen molar-refractivity contribution in [1.29, 1.82) is 0 Å². The lowest BCUT2D eigenvalue weighted by molar-refractivity contribution is 0.122. The minimum Gasteiger partial charge on any atom is -0.378 e. The van der Waals surface area contributed by atoms with E-state index in [4.69, 9.17) is 16.3 Å². The normalized spacial score (nSPS) is 19.1. The van der Waals surface area contributed by atoms with Gasteiger partial charge in [0.25, 0.3) is 0 Å². The Bertz CT molecular complexity index is 797. The Morgan fingerprint density at radius 2 is 1.84 bits per heavy atom. The molecule has 25 heavy (non-hydrogen) atoms. The molecule has 0 atom stereocenters. The number of ether oxygens (including phenoxy) is 1. The van der Waals surface area contributed by atoms with Gasteiger partial charge in [-0.05, 0) is 42.6 Å². The van der Waals surface area contributed by atoms with E-state index in [1.807, 2.05) is 6.07 Å². The van der Waals surface area contributed by atoms with E-state index in [0.29, 0.717) is 18.1 Å². The molecule has 1 saturated heterocycles. The molecular weight excluding hydrogens is 368 g/mol. The predicted octanol–water partition coefficient (Wildman–Crippen LogP) is 4.03. The van der Waals surface area contributed by atoms with Crippen molar-refractivity contribution in [2.75, 3.05) is 31.2 Å². The molecule has 4 rings (SSSR count). The molecule has 132 valence electrons. The molecule has 1 aromatic carbocycles. The van der Waals surface area contributed by atoms with Gasteiger partial charge in [0, 0.05) is 24.1 Å². The fraction of sp³-hybridized carbons (Fsp3) is 0.412. The molecule has 0 spiro atoms. The number of benzene rings is 1. The number of anilines is 1. The number of thioether (sulfide) groups is 1. The van der Waals surface area contributed by atoms with E-state index in [9.17, 15) is 8.78 Å². The van der Waals surface area contributed by atoms with Gasteiger partial charge < -0.3 is 9.64 Å². The maximum atomic E-state index is 13.5. The molecule has 2 aromatic rings. The summed E-state index contributed by atoms with van der Waals surface area (Å²) in [4.78, 5) is 11.5. The average molecular weight is 384 g/mol. The molecule has 8 heteroatoms. The minimum atomic E-state index is -0.839. The summed E-state index contributed by atoms with van der Waals surface area (Å²) in [6.07, 6.45) is 1.82. The third-order valence-corrected chi connectivity index (χ3v) is 6.06. The van der Waals surface area contributed by atoms with Gasteiger partial charge in [0.15, 0.2) is 11.6 Å². The quantitative estimate of drug-likeness (QED) is 0.745. The first-order valence-electron chi connectivity index (χ1n) is 8.08. The van der Waals surface area contributed by atoms with Crippen molar-refractivity contribution in [2.24, 2.45) is 0 Å². The number of hydrogen-bond donors (Lipinski definition) is 0. The fourth-order valence-electron chi connectivity index (χ4n) is 2.88. The first-order chi connectivity index (χ1) is 12.1. The van der Waals surface area contributed by atoms with Gasteiger partial charge in [-0.15, -0.1) is 11.8 Å². The zero-order valence-electron chi connectivity index (χ0n) is 13.3. The van der Waals surface area contributed by atoms with Crippen LogP contribution < -0.4 is 4.90 Å². The van der Waals surface area contributed by atoms with Crippen molar-refractivity contribution in [3.63, 3.8) is 0 Å². The molecule has 0 unspecified atom stereocenters. The van der Waals surface area contributed by atoms with E-state index in [-0.39, 0.29) is 10.0 Å². The van der Waals surface area contributed by atoms with Crippen LogP contribution in [-0.2, 0) is 9.48 Å². The molecule has 2 aliphatic rings. The average Bonchev–Trinajstić information content (AvgIpc) is 3.39. The summed E-state index contributed by atoms with van der Waals surface area (Å²) in [7, 11) is 0. The monoisotopic (exact) mass is 383 g/mol. The summed E-state index contributed by atoms with van der Waals surface area (Å²) in [5, 5.41) is 0.205. The van der Waals surface area contributed by atoms with Crippen LogP contribution in [0.1, 0.15) is 18.5 Å². The van der Waals surface area contributed by atoms with Gasteiger partial charge in [-0.2, -0.15) is 0 Å². The number of hydrogen-bond acceptors (Lipinski definition) is 5. The predicted molar refractivity (Wildman–Crippen MR) is 93.2 cm³/mol. The molecular formula is C17H16ClF2N3OS. The highest BCUT2D eigenvalue weighted by Crippen LogP contribution is 2.59. The summed E-state index contributed by atoms with van der Waals surface area (Å²) in [5.41, 5.74) is 0.837. The van der Waals surface area contributed by atoms with E-state index in [0.717, 1.165) is 43.5 Å². The molecule has 1 saturated carbocycles. The smallest absolute Gasteiger partial charge is 0.224 e. The second-order valence-corrected chi connectivity index (χ2v) is 7.95. The zero-order chi connectivity index (χ0) is 17.4. The maximum absolute atomic E-state index is 13.5. The number of nitrogens with zero attached hydrogens (tertiary/aromatic N) is 3. The number of morpholine rings is 1. The second kappa shape index (κ2) is 6.70. The number of aromatic nitrogens is 2. The molecule has 4 nitrogen and oxygen atoms in total. The summed E-state index contributed by atoms with van der Waals surface area (Å²) in [6, 6.07) is 5.93. The van der Waals surface area contributed by atoms with Gasteiger partial charge in [0.1, 0.15) is 5.82 Å². The first-order valence-corrected chi connectivity index (χ1v) is 9.27. The Labute approximate surface area is 153 Å². The molecule has 2 heterocycles. The van der Waals surface area contributed by atoms with Gasteiger partial charge in [0.05, 0.1) is 23.7 Å². The van der Waals surface area contributed by atoms with Crippen LogP contribution in [0.5, 0.6) is 0 Å². The molecule has 0 N–H and O–H groups in total. The topological polar surface area (TPSA) is 38.2 Å². The number of rotatable bonds is 4. The molecule has 1 aliphatic carbocycles. The minimum absolute atomic E-state index is 0.205. The Hall–Kier alpha value is -1.44. The third-order valence-electron chi connectivity index (χ3n) is 4.40. The van der Waals surface area contributed by atoms with E-state index in [1.54, 1.807) is 6.07 Å². The van der Waals surface area contributed by atoms with Crippen molar-refractivity contribution in [3.8, 4) is 0 Å². The molecule has 1 aliphatic heterocycles. The van der Waals surface area contributed by atoms with Crippen LogP contribution in [-0.4, -0.2) is 36.3 Å². The molecule has 1 aromatic heterocycles. The largest absolute Gasteiger partial charge is 0.378 e. The summed E-state index contributed by atoms with van der Waals surface area (Å²) < 4.78 is 31.8. The Kier molecular flexibility index (Phi) is 4.56. The zero-order valence-corrected chi connectivity index (χ0v) is 14.9. The van der Waals surface area contributed by atoms with Crippen molar-refractivity contribution in [2.45, 2.75) is 22.5 Å². The van der Waals surface area contributed by atoms with Gasteiger partial charge in [-0.3, -0.25) is 0 Å². The van der Waals surface area contributed by atoms with Crippen LogP contribution in [0, 0.1) is 11.6 Å². The Morgan fingerprint density at radius 3 is 2.52 bits per heavy atom. The highest BCUT2D eigenvalue weighted by atomic mass is 35.5. The maximum Gasteiger partial charge on any atom is 0.224 e. The van der Waals surface area contributed by atoms with Gasteiger partial charge in [-0.25, -0.2) is 18.7 Å². The van der Waals surface area contributed by atoms with E-state index in [1.165, 1.54) is 17.8 Å². The number of halogens is 3. The van der Waals surface area contributed by atoms with Crippen molar-refractivity contribution < 1.29 is 13.5 Å². The van der Waals surface area contributed by atoms with Crippen LogP contribution in [0.2, 0.25) is 5.28 Å². The van der Waals surface area contributed by atoms with Crippen molar-refractivity contribution in [3.05, 3.63) is 46.9 Å². The van der Waals surface area contributed by atoms with Crippen molar-refractivity contribution in [1.82, 2.24) is 9.97 Å². The molecule has 2 fully saturated rings. The molecule has 0 amide bonds. The summed E-state index contributed by atoms with van der Waals surface area (Å²) in [6.45, 7) is 2.84. The second-order valence-electron chi connectivity index (χ2n) is 6.15. The highest BCUT2D eigenvalue weighted by molar-refractivity contribution is 8.00. The van der Waals surface area contributed by atoms with Gasteiger partial charge in [0.2, 0.25) is 5.28 Å². The van der Waals surface area contributed by atoms with E-state index < -0.39 is 11.6 Å². The summed E-state index contributed by atoms with van der Waals surface area (Å²) in [5.74, 6) is -0.889. The Balaban J connectivity index is 1.61. The first kappa shape index (κ1) is 17.0. The van der Waals surface area contributed by atoms with Gasteiger partial charge >= 0.3 is 0 Å².